The van der Waals surface area contributed by atoms with Gasteiger partial charge in [-0.1, -0.05) is 6.92 Å². The molecule has 2 rings (SSSR count). The Morgan fingerprint density at radius 3 is 2.74 bits per heavy atom. The van der Waals surface area contributed by atoms with Crippen molar-refractivity contribution in [1.82, 2.24) is 20.1 Å². The van der Waals surface area contributed by atoms with Gasteiger partial charge in [-0.15, -0.1) is 0 Å². The van der Waals surface area contributed by atoms with Crippen molar-refractivity contribution in [2.24, 2.45) is 0 Å². The van der Waals surface area contributed by atoms with Crippen LogP contribution in [-0.2, 0) is 13.1 Å². The maximum atomic E-state index is 5.88. The summed E-state index contributed by atoms with van der Waals surface area (Å²) in [5, 5.41) is 7.71. The number of nitrogens with zero attached hydrogens (tertiary/aromatic N) is 3. The lowest BCUT2D eigenvalue weighted by atomic mass is 10.2. The van der Waals surface area contributed by atoms with Crippen LogP contribution in [0, 0.1) is 20.8 Å². The molecule has 0 spiro atoms. The fourth-order valence-electron chi connectivity index (χ4n) is 2.08. The largest absolute Gasteiger partial charge is 0.462 e. The zero-order chi connectivity index (χ0) is 13.8. The third-order valence-corrected chi connectivity index (χ3v) is 3.05. The number of nitrogens with one attached hydrogen (secondary N) is 1. The third kappa shape index (κ3) is 3.44. The average molecular weight is 262 g/mol. The zero-order valence-corrected chi connectivity index (χ0v) is 12.2. The molecular weight excluding hydrogens is 240 g/mol. The van der Waals surface area contributed by atoms with E-state index in [0.717, 1.165) is 42.7 Å². The Kier molecular flexibility index (Phi) is 4.37. The average Bonchev–Trinajstić information content (AvgIpc) is 2.84. The summed E-state index contributed by atoms with van der Waals surface area (Å²) in [6, 6.07) is 2.08. The molecule has 0 fully saturated rings. The minimum Gasteiger partial charge on any atom is -0.462 e. The molecular formula is C14H22N4O. The minimum absolute atomic E-state index is 0.640. The summed E-state index contributed by atoms with van der Waals surface area (Å²) in [5.41, 5.74) is 1.19. The van der Waals surface area contributed by atoms with Crippen LogP contribution >= 0.6 is 0 Å². The quantitative estimate of drug-likeness (QED) is 0.812. The Bertz CT molecular complexity index is 542. The molecule has 0 bridgehead atoms. The SMILES string of the molecule is CCCNCc1oc(Cn2nc(C)nc2C)cc1C. The standard InChI is InChI=1S/C14H22N4O/c1-5-6-15-8-14-10(2)7-13(19-14)9-18-12(4)16-11(3)17-18/h7,15H,5-6,8-9H2,1-4H3. The second-order valence-electron chi connectivity index (χ2n) is 4.86. The summed E-state index contributed by atoms with van der Waals surface area (Å²) in [6.45, 7) is 10.5. The molecule has 0 radical (unpaired) electrons. The van der Waals surface area contributed by atoms with Crippen molar-refractivity contribution >= 4 is 0 Å². The molecule has 2 heterocycles. The second-order valence-corrected chi connectivity index (χ2v) is 4.86. The highest BCUT2D eigenvalue weighted by Crippen LogP contribution is 2.16. The number of furan rings is 1. The highest BCUT2D eigenvalue weighted by atomic mass is 16.3. The first-order valence-corrected chi connectivity index (χ1v) is 6.77. The third-order valence-electron chi connectivity index (χ3n) is 3.05. The van der Waals surface area contributed by atoms with Gasteiger partial charge in [0.15, 0.2) is 0 Å². The molecule has 0 saturated heterocycles. The molecule has 0 amide bonds. The van der Waals surface area contributed by atoms with Crippen LogP contribution in [-0.4, -0.2) is 21.3 Å². The Balaban J connectivity index is 2.05. The van der Waals surface area contributed by atoms with Crippen molar-refractivity contribution in [3.63, 3.8) is 0 Å². The smallest absolute Gasteiger partial charge is 0.147 e. The molecule has 0 aliphatic carbocycles. The summed E-state index contributed by atoms with van der Waals surface area (Å²) in [6.07, 6.45) is 1.13. The highest BCUT2D eigenvalue weighted by molar-refractivity contribution is 5.20. The van der Waals surface area contributed by atoms with E-state index in [9.17, 15) is 0 Å². The van der Waals surface area contributed by atoms with Crippen LogP contribution in [0.4, 0.5) is 0 Å². The van der Waals surface area contributed by atoms with Gasteiger partial charge in [-0.2, -0.15) is 5.10 Å². The Morgan fingerprint density at radius 1 is 1.32 bits per heavy atom. The van der Waals surface area contributed by atoms with Crippen molar-refractivity contribution in [1.29, 1.82) is 0 Å². The van der Waals surface area contributed by atoms with Crippen molar-refractivity contribution < 1.29 is 4.42 Å². The molecule has 2 aromatic heterocycles. The van der Waals surface area contributed by atoms with Crippen LogP contribution in [0.2, 0.25) is 0 Å². The van der Waals surface area contributed by atoms with Gasteiger partial charge in [0.25, 0.3) is 0 Å². The number of rotatable bonds is 6. The van der Waals surface area contributed by atoms with Gasteiger partial charge in [0.1, 0.15) is 29.7 Å². The van der Waals surface area contributed by atoms with Crippen molar-refractivity contribution in [3.8, 4) is 0 Å². The molecule has 0 saturated carbocycles. The molecule has 0 aliphatic heterocycles. The maximum Gasteiger partial charge on any atom is 0.147 e. The normalized spacial score (nSPS) is 11.2. The van der Waals surface area contributed by atoms with Crippen molar-refractivity contribution in [2.45, 2.75) is 47.2 Å². The van der Waals surface area contributed by atoms with Gasteiger partial charge in [0.2, 0.25) is 0 Å². The van der Waals surface area contributed by atoms with Gasteiger partial charge in [0, 0.05) is 0 Å². The summed E-state index contributed by atoms with van der Waals surface area (Å²) in [5.74, 6) is 3.65. The van der Waals surface area contributed by atoms with Crippen molar-refractivity contribution in [2.75, 3.05) is 6.54 Å². The number of aromatic nitrogens is 3. The summed E-state index contributed by atoms with van der Waals surface area (Å²) in [7, 11) is 0. The molecule has 5 heteroatoms. The van der Waals surface area contributed by atoms with Crippen LogP contribution < -0.4 is 5.32 Å². The lowest BCUT2D eigenvalue weighted by Gasteiger charge is -2.01. The zero-order valence-electron chi connectivity index (χ0n) is 12.2. The molecule has 0 atom stereocenters. The van der Waals surface area contributed by atoms with Crippen LogP contribution in [0.25, 0.3) is 0 Å². The van der Waals surface area contributed by atoms with E-state index >= 15 is 0 Å². The van der Waals surface area contributed by atoms with E-state index < -0.39 is 0 Å². The second kappa shape index (κ2) is 6.02. The maximum absolute atomic E-state index is 5.88. The van der Waals surface area contributed by atoms with Gasteiger partial charge in [-0.25, -0.2) is 9.67 Å². The van der Waals surface area contributed by atoms with E-state index in [1.807, 2.05) is 18.5 Å². The summed E-state index contributed by atoms with van der Waals surface area (Å²) >= 11 is 0. The Labute approximate surface area is 114 Å². The molecule has 5 nitrogen and oxygen atoms in total. The van der Waals surface area contributed by atoms with Gasteiger partial charge < -0.3 is 9.73 Å². The fraction of sp³-hybridized carbons (Fsp3) is 0.571. The topological polar surface area (TPSA) is 55.9 Å². The number of hydrogen-bond donors (Lipinski definition) is 1. The first kappa shape index (κ1) is 13.8. The molecule has 0 aromatic carbocycles. The van der Waals surface area contributed by atoms with Crippen molar-refractivity contribution in [3.05, 3.63) is 34.8 Å². The highest BCUT2D eigenvalue weighted by Gasteiger charge is 2.10. The first-order valence-electron chi connectivity index (χ1n) is 6.77. The van der Waals surface area contributed by atoms with Crippen LogP contribution in [0.5, 0.6) is 0 Å². The van der Waals surface area contributed by atoms with Gasteiger partial charge in [-0.05, 0) is 45.4 Å². The van der Waals surface area contributed by atoms with E-state index in [4.69, 9.17) is 4.42 Å². The van der Waals surface area contributed by atoms with Gasteiger partial charge >= 0.3 is 0 Å². The molecule has 2 aromatic rings. The van der Waals surface area contributed by atoms with Gasteiger partial charge in [-0.3, -0.25) is 0 Å². The molecule has 0 aliphatic rings. The van der Waals surface area contributed by atoms with E-state index in [-0.39, 0.29) is 0 Å². The van der Waals surface area contributed by atoms with Crippen LogP contribution in [0.1, 0.15) is 42.1 Å². The van der Waals surface area contributed by atoms with Crippen LogP contribution in [0.15, 0.2) is 10.5 Å². The summed E-state index contributed by atoms with van der Waals surface area (Å²) < 4.78 is 7.75. The first-order chi connectivity index (χ1) is 9.10. The predicted octanol–water partition coefficient (Wildman–Crippen LogP) is 2.34. The van der Waals surface area contributed by atoms with Gasteiger partial charge in [0.05, 0.1) is 6.54 Å². The predicted molar refractivity (Wildman–Crippen MR) is 74.0 cm³/mol. The molecule has 1 N–H and O–H groups in total. The minimum atomic E-state index is 0.640. The molecule has 19 heavy (non-hydrogen) atoms. The lowest BCUT2D eigenvalue weighted by Crippen LogP contribution is -2.13. The van der Waals surface area contributed by atoms with E-state index in [2.05, 4.69) is 35.3 Å². The fourth-order valence-corrected chi connectivity index (χ4v) is 2.08. The summed E-state index contributed by atoms with van der Waals surface area (Å²) in [4.78, 5) is 4.29. The molecule has 104 valence electrons. The number of hydrogen-bond acceptors (Lipinski definition) is 4. The van der Waals surface area contributed by atoms with E-state index in [0.29, 0.717) is 6.54 Å². The van der Waals surface area contributed by atoms with E-state index in [1.54, 1.807) is 0 Å². The van der Waals surface area contributed by atoms with Crippen LogP contribution in [0.3, 0.4) is 0 Å². The Morgan fingerprint density at radius 2 is 2.11 bits per heavy atom. The van der Waals surface area contributed by atoms with E-state index in [1.165, 1.54) is 5.56 Å². The lowest BCUT2D eigenvalue weighted by molar-refractivity contribution is 0.426. The molecule has 0 unspecified atom stereocenters. The number of aryl methyl sites for hydroxylation is 3. The monoisotopic (exact) mass is 262 g/mol. The Hall–Kier alpha value is -1.62.